The van der Waals surface area contributed by atoms with Crippen LogP contribution in [0.4, 0.5) is 4.79 Å². The predicted octanol–water partition coefficient (Wildman–Crippen LogP) is 4.19. The number of halogens is 1. The van der Waals surface area contributed by atoms with Gasteiger partial charge >= 0.3 is 6.09 Å². The molecule has 0 radical (unpaired) electrons. The second kappa shape index (κ2) is 7.61. The lowest BCUT2D eigenvalue weighted by atomic mass is 9.87. The molecule has 0 spiro atoms. The van der Waals surface area contributed by atoms with Crippen LogP contribution < -0.4 is 0 Å². The third-order valence-electron chi connectivity index (χ3n) is 5.44. The summed E-state index contributed by atoms with van der Waals surface area (Å²) in [5, 5.41) is 19.4. The normalized spacial score (nSPS) is 21.9. The summed E-state index contributed by atoms with van der Waals surface area (Å²) >= 11 is 6.27. The summed E-state index contributed by atoms with van der Waals surface area (Å²) in [4.78, 5) is 14.4. The average molecular weight is 419 g/mol. The molecule has 1 aliphatic carbocycles. The Morgan fingerprint density at radius 3 is 2.59 bits per heavy atom. The van der Waals surface area contributed by atoms with Crippen LogP contribution in [0.25, 0.3) is 5.69 Å². The van der Waals surface area contributed by atoms with E-state index in [0.717, 1.165) is 42.8 Å². The van der Waals surface area contributed by atoms with Gasteiger partial charge in [-0.1, -0.05) is 11.6 Å². The number of aromatic nitrogens is 3. The number of aliphatic hydroxyl groups excluding tert-OH is 1. The van der Waals surface area contributed by atoms with Crippen LogP contribution in [0.3, 0.4) is 0 Å². The Morgan fingerprint density at radius 2 is 1.90 bits per heavy atom. The van der Waals surface area contributed by atoms with Crippen LogP contribution in [-0.2, 0) is 17.8 Å². The zero-order valence-electron chi connectivity index (χ0n) is 17.1. The van der Waals surface area contributed by atoms with E-state index in [2.05, 4.69) is 14.8 Å². The Bertz CT molecular complexity index is 913. The number of aliphatic hydroxyl groups is 1. The summed E-state index contributed by atoms with van der Waals surface area (Å²) in [6, 6.07) is 5.70. The third-order valence-corrected chi connectivity index (χ3v) is 5.68. The second-order valence-corrected chi connectivity index (χ2v) is 9.36. The van der Waals surface area contributed by atoms with Crippen molar-refractivity contribution in [3.05, 3.63) is 40.4 Å². The lowest BCUT2D eigenvalue weighted by molar-refractivity contribution is 0.0214. The maximum atomic E-state index is 12.8. The van der Waals surface area contributed by atoms with Crippen LogP contribution in [0, 0.1) is 0 Å². The SMILES string of the molecule is CC(C)(C)OC(=O)N1Cc2cc(Cl)ccc2-n2c(nnc2C2CCC(O)CC2)C1. The number of ether oxygens (including phenoxy) is 1. The maximum absolute atomic E-state index is 12.8. The number of hydrogen-bond donors (Lipinski definition) is 1. The molecule has 1 aromatic heterocycles. The van der Waals surface area contributed by atoms with Crippen LogP contribution in [0.1, 0.15) is 69.6 Å². The Morgan fingerprint density at radius 1 is 1.17 bits per heavy atom. The summed E-state index contributed by atoms with van der Waals surface area (Å²) in [5.74, 6) is 1.83. The van der Waals surface area contributed by atoms with Crippen molar-refractivity contribution in [2.45, 2.75) is 77.2 Å². The summed E-state index contributed by atoms with van der Waals surface area (Å²) in [6.07, 6.45) is 2.67. The molecule has 29 heavy (non-hydrogen) atoms. The fourth-order valence-corrected chi connectivity index (χ4v) is 4.28. The van der Waals surface area contributed by atoms with Crippen molar-refractivity contribution in [3.8, 4) is 5.69 Å². The Hall–Kier alpha value is -2.12. The van der Waals surface area contributed by atoms with E-state index in [4.69, 9.17) is 16.3 Å². The van der Waals surface area contributed by atoms with E-state index in [-0.39, 0.29) is 18.1 Å². The molecule has 1 aliphatic heterocycles. The van der Waals surface area contributed by atoms with E-state index in [1.807, 2.05) is 39.0 Å². The lowest BCUT2D eigenvalue weighted by Crippen LogP contribution is -2.35. The zero-order valence-corrected chi connectivity index (χ0v) is 17.8. The summed E-state index contributed by atoms with van der Waals surface area (Å²) in [5.41, 5.74) is 1.29. The smallest absolute Gasteiger partial charge is 0.411 e. The van der Waals surface area contributed by atoms with Gasteiger partial charge in [0.2, 0.25) is 0 Å². The topological polar surface area (TPSA) is 80.5 Å². The first-order valence-electron chi connectivity index (χ1n) is 10.1. The van der Waals surface area contributed by atoms with Gasteiger partial charge in [0.25, 0.3) is 0 Å². The molecule has 2 aliphatic rings. The first-order chi connectivity index (χ1) is 13.7. The first-order valence-corrected chi connectivity index (χ1v) is 10.5. The van der Waals surface area contributed by atoms with E-state index in [0.29, 0.717) is 23.9 Å². The van der Waals surface area contributed by atoms with Gasteiger partial charge < -0.3 is 9.84 Å². The monoisotopic (exact) mass is 418 g/mol. The molecule has 1 fully saturated rings. The molecular formula is C21H27ClN4O3. The average Bonchev–Trinajstić information content (AvgIpc) is 2.96. The van der Waals surface area contributed by atoms with Crippen LogP contribution in [0.15, 0.2) is 18.2 Å². The van der Waals surface area contributed by atoms with Crippen molar-refractivity contribution in [2.75, 3.05) is 0 Å². The van der Waals surface area contributed by atoms with Crippen LogP contribution >= 0.6 is 11.6 Å². The minimum Gasteiger partial charge on any atom is -0.444 e. The van der Waals surface area contributed by atoms with Gasteiger partial charge in [-0.2, -0.15) is 0 Å². The van der Waals surface area contributed by atoms with Gasteiger partial charge in [0.15, 0.2) is 5.82 Å². The van der Waals surface area contributed by atoms with Crippen LogP contribution in [-0.4, -0.2) is 42.6 Å². The van der Waals surface area contributed by atoms with Crippen LogP contribution in [0.2, 0.25) is 5.02 Å². The highest BCUT2D eigenvalue weighted by molar-refractivity contribution is 6.30. The molecule has 0 bridgehead atoms. The number of rotatable bonds is 1. The summed E-state index contributed by atoms with van der Waals surface area (Å²) < 4.78 is 7.66. The third kappa shape index (κ3) is 4.26. The molecule has 1 N–H and O–H groups in total. The van der Waals surface area contributed by atoms with Crippen molar-refractivity contribution in [3.63, 3.8) is 0 Å². The number of carbonyl (C=O) groups excluding carboxylic acids is 1. The Balaban J connectivity index is 1.74. The highest BCUT2D eigenvalue weighted by Crippen LogP contribution is 2.36. The summed E-state index contributed by atoms with van der Waals surface area (Å²) in [7, 11) is 0. The van der Waals surface area contributed by atoms with E-state index in [1.54, 1.807) is 4.90 Å². The fraction of sp³-hybridized carbons (Fsp3) is 0.571. The van der Waals surface area contributed by atoms with Gasteiger partial charge in [-0.3, -0.25) is 9.47 Å². The molecule has 2 aromatic rings. The largest absolute Gasteiger partial charge is 0.444 e. The molecule has 0 unspecified atom stereocenters. The Kier molecular flexibility index (Phi) is 5.29. The van der Waals surface area contributed by atoms with Crippen molar-refractivity contribution in [1.82, 2.24) is 19.7 Å². The van der Waals surface area contributed by atoms with E-state index in [9.17, 15) is 9.90 Å². The van der Waals surface area contributed by atoms with Gasteiger partial charge in [0.05, 0.1) is 24.9 Å². The van der Waals surface area contributed by atoms with Crippen molar-refractivity contribution in [1.29, 1.82) is 0 Å². The molecule has 156 valence electrons. The summed E-state index contributed by atoms with van der Waals surface area (Å²) in [6.45, 7) is 6.25. The number of benzene rings is 1. The first kappa shape index (κ1) is 20.2. The molecular weight excluding hydrogens is 392 g/mol. The quantitative estimate of drug-likeness (QED) is 0.751. The molecule has 2 heterocycles. The number of nitrogens with zero attached hydrogens (tertiary/aromatic N) is 4. The highest BCUT2D eigenvalue weighted by atomic mass is 35.5. The molecule has 0 saturated heterocycles. The number of amides is 1. The standard InChI is InChI=1S/C21H27ClN4O3/c1-21(2,3)29-20(28)25-11-14-10-15(22)6-9-17(14)26-18(12-25)23-24-19(26)13-4-7-16(27)8-5-13/h6,9-10,13,16,27H,4-5,7-8,11-12H2,1-3H3. The van der Waals surface area contributed by atoms with Gasteiger partial charge in [-0.25, -0.2) is 4.79 Å². The van der Waals surface area contributed by atoms with Gasteiger partial charge in [0, 0.05) is 10.9 Å². The maximum Gasteiger partial charge on any atom is 0.411 e. The van der Waals surface area contributed by atoms with Crippen molar-refractivity contribution < 1.29 is 14.6 Å². The molecule has 1 saturated carbocycles. The molecule has 7 nitrogen and oxygen atoms in total. The number of carbonyl (C=O) groups is 1. The van der Waals surface area contributed by atoms with Gasteiger partial charge in [-0.05, 0) is 70.2 Å². The highest BCUT2D eigenvalue weighted by Gasteiger charge is 2.32. The van der Waals surface area contributed by atoms with Crippen molar-refractivity contribution in [2.24, 2.45) is 0 Å². The second-order valence-electron chi connectivity index (χ2n) is 8.92. The molecule has 4 rings (SSSR count). The molecule has 0 atom stereocenters. The zero-order chi connectivity index (χ0) is 20.8. The van der Waals surface area contributed by atoms with E-state index in [1.165, 1.54) is 0 Å². The minimum absolute atomic E-state index is 0.230. The molecule has 1 aromatic carbocycles. The predicted molar refractivity (Wildman–Crippen MR) is 109 cm³/mol. The van der Waals surface area contributed by atoms with E-state index < -0.39 is 5.60 Å². The van der Waals surface area contributed by atoms with Crippen LogP contribution in [0.5, 0.6) is 0 Å². The minimum atomic E-state index is -0.581. The molecule has 8 heteroatoms. The fourth-order valence-electron chi connectivity index (χ4n) is 4.08. The van der Waals surface area contributed by atoms with Gasteiger partial charge in [-0.15, -0.1) is 10.2 Å². The number of hydrogen-bond acceptors (Lipinski definition) is 5. The van der Waals surface area contributed by atoms with Crippen molar-refractivity contribution >= 4 is 17.7 Å². The van der Waals surface area contributed by atoms with E-state index >= 15 is 0 Å². The Labute approximate surface area is 175 Å². The molecule has 1 amide bonds. The lowest BCUT2D eigenvalue weighted by Gasteiger charge is -2.26. The van der Waals surface area contributed by atoms with Gasteiger partial charge in [0.1, 0.15) is 11.4 Å². The number of fused-ring (bicyclic) bond motifs is 3.